The van der Waals surface area contributed by atoms with Crippen molar-refractivity contribution in [3.8, 4) is 0 Å². The average molecular weight is 235 g/mol. The van der Waals surface area contributed by atoms with Crippen molar-refractivity contribution in [2.24, 2.45) is 0 Å². The van der Waals surface area contributed by atoms with Crippen molar-refractivity contribution in [2.75, 3.05) is 0 Å². The Labute approximate surface area is 98.0 Å². The largest absolute Gasteiger partial charge is 0.326 e. The first-order valence-electron chi connectivity index (χ1n) is 5.35. The first-order valence-corrected chi connectivity index (χ1v) is 5.73. The van der Waals surface area contributed by atoms with Crippen LogP contribution in [0.4, 0.5) is 0 Å². The van der Waals surface area contributed by atoms with Gasteiger partial charge in [0.1, 0.15) is 5.65 Å². The molecule has 3 nitrogen and oxygen atoms in total. The monoisotopic (exact) mass is 234 g/mol. The minimum atomic E-state index is -0.394. The molecule has 2 heterocycles. The molecule has 1 fully saturated rings. The summed E-state index contributed by atoms with van der Waals surface area (Å²) in [7, 11) is 0. The summed E-state index contributed by atoms with van der Waals surface area (Å²) in [4.78, 5) is 15.8. The van der Waals surface area contributed by atoms with Crippen LogP contribution in [0.15, 0.2) is 18.3 Å². The number of hydrogen-bond donors (Lipinski definition) is 0. The van der Waals surface area contributed by atoms with Crippen LogP contribution in [0.25, 0.3) is 11.0 Å². The smallest absolute Gasteiger partial charge is 0.254 e. The number of nitrogens with zero attached hydrogens (tertiary/aromatic N) is 2. The molecule has 0 spiro atoms. The first-order chi connectivity index (χ1) is 7.70. The van der Waals surface area contributed by atoms with Crippen LogP contribution in [0.3, 0.4) is 0 Å². The number of hydrogen-bond acceptors (Lipinski definition) is 2. The molecule has 0 aromatic carbocycles. The standard InChI is InChI=1S/C12H11ClN2O/c1-7-10(11(13)16)9-3-2-6-14-12(9)15(7)8-4-5-8/h2-3,6,8H,4-5H2,1H3. The van der Waals surface area contributed by atoms with E-state index in [9.17, 15) is 4.79 Å². The molecule has 1 saturated carbocycles. The molecular weight excluding hydrogens is 224 g/mol. The molecule has 0 saturated heterocycles. The van der Waals surface area contributed by atoms with Crippen LogP contribution in [0.5, 0.6) is 0 Å². The quantitative estimate of drug-likeness (QED) is 0.749. The lowest BCUT2D eigenvalue weighted by atomic mass is 10.2. The molecule has 0 aliphatic heterocycles. The zero-order chi connectivity index (χ0) is 11.3. The van der Waals surface area contributed by atoms with E-state index in [-0.39, 0.29) is 0 Å². The highest BCUT2D eigenvalue weighted by atomic mass is 35.5. The van der Waals surface area contributed by atoms with Crippen LogP contribution in [0, 0.1) is 6.92 Å². The van der Waals surface area contributed by atoms with E-state index in [2.05, 4.69) is 9.55 Å². The van der Waals surface area contributed by atoms with Gasteiger partial charge in [-0.3, -0.25) is 4.79 Å². The van der Waals surface area contributed by atoms with E-state index in [1.54, 1.807) is 6.20 Å². The van der Waals surface area contributed by atoms with E-state index in [0.29, 0.717) is 11.6 Å². The molecule has 1 aliphatic rings. The van der Waals surface area contributed by atoms with E-state index in [1.807, 2.05) is 19.1 Å². The fourth-order valence-corrected chi connectivity index (χ4v) is 2.52. The molecule has 0 amide bonds. The molecule has 4 heteroatoms. The Bertz CT molecular complexity index is 584. The molecular formula is C12H11ClN2O. The molecule has 16 heavy (non-hydrogen) atoms. The second-order valence-corrected chi connectivity index (χ2v) is 4.55. The van der Waals surface area contributed by atoms with Gasteiger partial charge in [-0.1, -0.05) is 0 Å². The first kappa shape index (κ1) is 9.85. The molecule has 82 valence electrons. The second-order valence-electron chi connectivity index (χ2n) is 4.21. The van der Waals surface area contributed by atoms with Gasteiger partial charge in [0, 0.05) is 23.3 Å². The van der Waals surface area contributed by atoms with Gasteiger partial charge in [-0.05, 0) is 43.5 Å². The van der Waals surface area contributed by atoms with Crippen LogP contribution in [0.1, 0.15) is 34.9 Å². The minimum Gasteiger partial charge on any atom is -0.326 e. The molecule has 0 radical (unpaired) electrons. The van der Waals surface area contributed by atoms with Crippen LogP contribution >= 0.6 is 11.6 Å². The molecule has 3 rings (SSSR count). The summed E-state index contributed by atoms with van der Waals surface area (Å²) >= 11 is 5.65. The highest BCUT2D eigenvalue weighted by Crippen LogP contribution is 2.40. The van der Waals surface area contributed by atoms with Crippen LogP contribution < -0.4 is 0 Å². The predicted octanol–water partition coefficient (Wildman–Crippen LogP) is 3.06. The topological polar surface area (TPSA) is 34.9 Å². The van der Waals surface area contributed by atoms with Gasteiger partial charge in [-0.15, -0.1) is 0 Å². The van der Waals surface area contributed by atoms with Crippen molar-refractivity contribution in [1.29, 1.82) is 0 Å². The highest BCUT2D eigenvalue weighted by Gasteiger charge is 2.30. The summed E-state index contributed by atoms with van der Waals surface area (Å²) in [5.74, 6) is 0. The minimum absolute atomic E-state index is 0.394. The van der Waals surface area contributed by atoms with Crippen LogP contribution in [0.2, 0.25) is 0 Å². The third-order valence-corrected chi connectivity index (χ3v) is 3.30. The van der Waals surface area contributed by atoms with E-state index in [1.165, 1.54) is 0 Å². The van der Waals surface area contributed by atoms with Gasteiger partial charge in [0.25, 0.3) is 5.24 Å². The Morgan fingerprint density at radius 1 is 1.56 bits per heavy atom. The van der Waals surface area contributed by atoms with Crippen molar-refractivity contribution < 1.29 is 4.79 Å². The van der Waals surface area contributed by atoms with Gasteiger partial charge in [-0.25, -0.2) is 4.98 Å². The SMILES string of the molecule is Cc1c(C(=O)Cl)c2cccnc2n1C1CC1. The van der Waals surface area contributed by atoms with Gasteiger partial charge in [0.2, 0.25) is 0 Å². The van der Waals surface area contributed by atoms with Crippen LogP contribution in [-0.4, -0.2) is 14.8 Å². The number of fused-ring (bicyclic) bond motifs is 1. The number of carbonyl (C=O) groups excluding carboxylic acids is 1. The van der Waals surface area contributed by atoms with Crippen molar-refractivity contribution in [3.63, 3.8) is 0 Å². The summed E-state index contributed by atoms with van der Waals surface area (Å²) in [5.41, 5.74) is 2.43. The van der Waals surface area contributed by atoms with Crippen molar-refractivity contribution in [3.05, 3.63) is 29.6 Å². The molecule has 2 aromatic rings. The van der Waals surface area contributed by atoms with Crippen molar-refractivity contribution >= 4 is 27.9 Å². The summed E-state index contributed by atoms with van der Waals surface area (Å²) in [5, 5.41) is 0.474. The lowest BCUT2D eigenvalue weighted by Crippen LogP contribution is -1.99. The fourth-order valence-electron chi connectivity index (χ4n) is 2.29. The summed E-state index contributed by atoms with van der Waals surface area (Å²) in [6, 6.07) is 4.24. The zero-order valence-corrected chi connectivity index (χ0v) is 9.66. The molecule has 0 N–H and O–H groups in total. The number of halogens is 1. The number of pyridine rings is 1. The number of rotatable bonds is 2. The van der Waals surface area contributed by atoms with Crippen molar-refractivity contribution in [1.82, 2.24) is 9.55 Å². The van der Waals surface area contributed by atoms with Crippen LogP contribution in [-0.2, 0) is 0 Å². The maximum Gasteiger partial charge on any atom is 0.254 e. The Morgan fingerprint density at radius 2 is 2.31 bits per heavy atom. The average Bonchev–Trinajstić information content (AvgIpc) is 3.01. The maximum absolute atomic E-state index is 11.5. The lowest BCUT2D eigenvalue weighted by Gasteiger charge is -2.04. The third kappa shape index (κ3) is 1.28. The van der Waals surface area contributed by atoms with Gasteiger partial charge >= 0.3 is 0 Å². The number of carbonyl (C=O) groups is 1. The highest BCUT2D eigenvalue weighted by molar-refractivity contribution is 6.68. The Kier molecular flexibility index (Phi) is 2.04. The molecule has 0 unspecified atom stereocenters. The van der Waals surface area contributed by atoms with Crippen molar-refractivity contribution in [2.45, 2.75) is 25.8 Å². The Morgan fingerprint density at radius 3 is 2.94 bits per heavy atom. The Hall–Kier alpha value is -1.35. The number of aromatic nitrogens is 2. The maximum atomic E-state index is 11.5. The molecule has 0 bridgehead atoms. The van der Waals surface area contributed by atoms with Gasteiger partial charge < -0.3 is 4.57 Å². The summed E-state index contributed by atoms with van der Waals surface area (Å²) in [6.45, 7) is 1.94. The van der Waals surface area contributed by atoms with Gasteiger partial charge in [0.05, 0.1) is 5.56 Å². The molecule has 0 atom stereocenters. The van der Waals surface area contributed by atoms with E-state index < -0.39 is 5.24 Å². The second kappa shape index (κ2) is 3.32. The summed E-state index contributed by atoms with van der Waals surface area (Å²) < 4.78 is 2.14. The fraction of sp³-hybridized carbons (Fsp3) is 0.333. The third-order valence-electron chi connectivity index (χ3n) is 3.12. The Balaban J connectivity index is 2.40. The predicted molar refractivity (Wildman–Crippen MR) is 62.9 cm³/mol. The normalized spacial score (nSPS) is 15.6. The lowest BCUT2D eigenvalue weighted by molar-refractivity contribution is 0.108. The zero-order valence-electron chi connectivity index (χ0n) is 8.90. The molecule has 2 aromatic heterocycles. The van der Waals surface area contributed by atoms with Gasteiger partial charge in [-0.2, -0.15) is 0 Å². The molecule has 1 aliphatic carbocycles. The van der Waals surface area contributed by atoms with E-state index >= 15 is 0 Å². The summed E-state index contributed by atoms with van der Waals surface area (Å²) in [6.07, 6.45) is 4.08. The van der Waals surface area contributed by atoms with E-state index in [0.717, 1.165) is 29.6 Å². The van der Waals surface area contributed by atoms with E-state index in [4.69, 9.17) is 11.6 Å². The van der Waals surface area contributed by atoms with Gasteiger partial charge in [0.15, 0.2) is 0 Å².